The zero-order valence-corrected chi connectivity index (χ0v) is 17.9. The first-order valence-corrected chi connectivity index (χ1v) is 9.82. The highest BCUT2D eigenvalue weighted by molar-refractivity contribution is 5.91. The molecule has 1 aromatic rings. The molecule has 1 amide bonds. The van der Waals surface area contributed by atoms with Crippen LogP contribution in [0.4, 0.5) is 0 Å². The number of carbonyl (C=O) groups excluding carboxylic acids is 2. The van der Waals surface area contributed by atoms with Crippen LogP contribution in [0.15, 0.2) is 36.4 Å². The molecule has 1 N–H and O–H groups in total. The molecule has 28 heavy (non-hydrogen) atoms. The highest BCUT2D eigenvalue weighted by Crippen LogP contribution is 2.13. The van der Waals surface area contributed by atoms with Crippen LogP contribution in [0, 0.1) is 5.92 Å². The Morgan fingerprint density at radius 2 is 1.86 bits per heavy atom. The Balaban J connectivity index is 2.39. The monoisotopic (exact) mass is 389 g/mol. The maximum Gasteiger partial charge on any atom is 0.236 e. The minimum Gasteiger partial charge on any atom is -0.494 e. The van der Waals surface area contributed by atoms with Crippen LogP contribution in [0.5, 0.6) is 5.75 Å². The van der Waals surface area contributed by atoms with Gasteiger partial charge in [0, 0.05) is 26.1 Å². The van der Waals surface area contributed by atoms with Crippen LogP contribution in [0.3, 0.4) is 0 Å². The first kappa shape index (κ1) is 23.9. The summed E-state index contributed by atoms with van der Waals surface area (Å²) in [6.07, 6.45) is 4.37. The van der Waals surface area contributed by atoms with Gasteiger partial charge in [-0.3, -0.25) is 14.5 Å². The zero-order valence-electron chi connectivity index (χ0n) is 17.9. The molecule has 0 bridgehead atoms. The van der Waals surface area contributed by atoms with Gasteiger partial charge in [0.1, 0.15) is 5.75 Å². The quantitative estimate of drug-likeness (QED) is 0.414. The summed E-state index contributed by atoms with van der Waals surface area (Å²) in [5.41, 5.74) is 1.06. The van der Waals surface area contributed by atoms with E-state index in [4.69, 9.17) is 4.74 Å². The lowest BCUT2D eigenvalue weighted by molar-refractivity contribution is -0.131. The van der Waals surface area contributed by atoms with E-state index in [0.29, 0.717) is 26.2 Å². The van der Waals surface area contributed by atoms with Crippen LogP contribution in [0.1, 0.15) is 25.8 Å². The minimum absolute atomic E-state index is 0.000501. The molecule has 0 fully saturated rings. The molecule has 6 nitrogen and oxygen atoms in total. The molecule has 0 unspecified atom stereocenters. The molecule has 0 radical (unpaired) electrons. The molecule has 1 aromatic carbocycles. The van der Waals surface area contributed by atoms with Crippen LogP contribution in [0.25, 0.3) is 0 Å². The van der Waals surface area contributed by atoms with Crippen LogP contribution in [-0.2, 0) is 16.1 Å². The van der Waals surface area contributed by atoms with Gasteiger partial charge in [0.25, 0.3) is 0 Å². The third kappa shape index (κ3) is 9.67. The van der Waals surface area contributed by atoms with Crippen LogP contribution in [0.2, 0.25) is 0 Å². The summed E-state index contributed by atoms with van der Waals surface area (Å²) in [5, 5.41) is 3.09. The predicted octanol–water partition coefficient (Wildman–Crippen LogP) is 2.35. The summed E-state index contributed by atoms with van der Waals surface area (Å²) in [7, 11) is 5.60. The average Bonchev–Trinajstić information content (AvgIpc) is 2.66. The van der Waals surface area contributed by atoms with Crippen molar-refractivity contribution in [3.8, 4) is 5.75 Å². The zero-order chi connectivity index (χ0) is 20.9. The normalized spacial score (nSPS) is 11.4. The smallest absolute Gasteiger partial charge is 0.236 e. The number of carbonyl (C=O) groups is 2. The average molecular weight is 390 g/mol. The van der Waals surface area contributed by atoms with Gasteiger partial charge in [-0.25, -0.2) is 0 Å². The van der Waals surface area contributed by atoms with Gasteiger partial charge in [0.2, 0.25) is 5.91 Å². The summed E-state index contributed by atoms with van der Waals surface area (Å²) in [4.78, 5) is 27.6. The number of hydrogen-bond donors (Lipinski definition) is 1. The molecule has 0 aliphatic rings. The van der Waals surface area contributed by atoms with Gasteiger partial charge < -0.3 is 15.0 Å². The molecule has 0 heterocycles. The summed E-state index contributed by atoms with van der Waals surface area (Å²) in [6, 6.07) is 7.85. The standard InChI is InChI=1S/C22H35N3O3/c1-18(2)21(26)8-6-14-24(4)17-22(27)25(5)16-19-9-11-20(12-10-19)28-15-7-13-23-3/h6,8-12,18,23H,7,13-17H2,1-5H3/b8-6+. The first-order chi connectivity index (χ1) is 13.3. The number of allylic oxidation sites excluding steroid dienone is 1. The van der Waals surface area contributed by atoms with Crippen molar-refractivity contribution < 1.29 is 14.3 Å². The summed E-state index contributed by atoms with van der Waals surface area (Å²) >= 11 is 0. The highest BCUT2D eigenvalue weighted by atomic mass is 16.5. The first-order valence-electron chi connectivity index (χ1n) is 9.82. The minimum atomic E-state index is -0.000501. The van der Waals surface area contributed by atoms with Gasteiger partial charge in [-0.2, -0.15) is 0 Å². The van der Waals surface area contributed by atoms with Crippen LogP contribution >= 0.6 is 0 Å². The number of benzene rings is 1. The number of likely N-dealkylation sites (N-methyl/N-ethyl adjacent to an activating group) is 2. The number of amides is 1. The van der Waals surface area contributed by atoms with Crippen LogP contribution in [-0.4, -0.2) is 68.9 Å². The summed E-state index contributed by atoms with van der Waals surface area (Å²) < 4.78 is 5.68. The second-order valence-electron chi connectivity index (χ2n) is 7.36. The molecule has 6 heteroatoms. The Morgan fingerprint density at radius 3 is 2.46 bits per heavy atom. The van der Waals surface area contributed by atoms with Crippen molar-refractivity contribution in [1.29, 1.82) is 0 Å². The SMILES string of the molecule is CNCCCOc1ccc(CN(C)C(=O)CN(C)C/C=C/C(=O)C(C)C)cc1. The lowest BCUT2D eigenvalue weighted by Gasteiger charge is -2.21. The van der Waals surface area contributed by atoms with E-state index in [9.17, 15) is 9.59 Å². The third-order valence-electron chi connectivity index (χ3n) is 4.28. The molecular formula is C22H35N3O3. The maximum atomic E-state index is 12.4. The highest BCUT2D eigenvalue weighted by Gasteiger charge is 2.12. The topological polar surface area (TPSA) is 61.9 Å². The second-order valence-corrected chi connectivity index (χ2v) is 7.36. The van der Waals surface area contributed by atoms with E-state index in [1.54, 1.807) is 18.0 Å². The largest absolute Gasteiger partial charge is 0.494 e. The fourth-order valence-electron chi connectivity index (χ4n) is 2.45. The lowest BCUT2D eigenvalue weighted by atomic mass is 10.1. The molecule has 0 aromatic heterocycles. The van der Waals surface area contributed by atoms with E-state index in [1.165, 1.54) is 0 Å². The van der Waals surface area contributed by atoms with E-state index in [1.807, 2.05) is 63.2 Å². The van der Waals surface area contributed by atoms with E-state index in [0.717, 1.165) is 24.3 Å². The van der Waals surface area contributed by atoms with Gasteiger partial charge in [0.15, 0.2) is 5.78 Å². The molecule has 156 valence electrons. The van der Waals surface area contributed by atoms with Crippen LogP contribution < -0.4 is 10.1 Å². The Labute approximate surface area is 169 Å². The van der Waals surface area contributed by atoms with Crippen molar-refractivity contribution in [3.63, 3.8) is 0 Å². The third-order valence-corrected chi connectivity index (χ3v) is 4.28. The molecule has 0 aliphatic heterocycles. The molecule has 0 spiro atoms. The van der Waals surface area contributed by atoms with E-state index in [2.05, 4.69) is 5.32 Å². The van der Waals surface area contributed by atoms with E-state index >= 15 is 0 Å². The van der Waals surface area contributed by atoms with Gasteiger partial charge in [-0.1, -0.05) is 32.1 Å². The van der Waals surface area contributed by atoms with Gasteiger partial charge in [-0.15, -0.1) is 0 Å². The maximum absolute atomic E-state index is 12.4. The van der Waals surface area contributed by atoms with E-state index in [-0.39, 0.29) is 17.6 Å². The van der Waals surface area contributed by atoms with Crippen molar-refractivity contribution in [2.45, 2.75) is 26.8 Å². The number of nitrogens with zero attached hydrogens (tertiary/aromatic N) is 2. The second kappa shape index (κ2) is 13.1. The van der Waals surface area contributed by atoms with Gasteiger partial charge in [-0.05, 0) is 50.8 Å². The molecule has 1 rings (SSSR count). The Hall–Kier alpha value is -2.18. The van der Waals surface area contributed by atoms with E-state index < -0.39 is 0 Å². The summed E-state index contributed by atoms with van der Waals surface area (Å²) in [5.74, 6) is 0.987. The van der Waals surface area contributed by atoms with Crippen molar-refractivity contribution in [2.75, 3.05) is 47.4 Å². The number of nitrogens with one attached hydrogen (secondary N) is 1. The van der Waals surface area contributed by atoms with Crippen molar-refractivity contribution in [1.82, 2.24) is 15.1 Å². The fraction of sp³-hybridized carbons (Fsp3) is 0.545. The van der Waals surface area contributed by atoms with Crippen molar-refractivity contribution >= 4 is 11.7 Å². The number of ether oxygens (including phenoxy) is 1. The molecule has 0 saturated carbocycles. The molecule has 0 aliphatic carbocycles. The lowest BCUT2D eigenvalue weighted by Crippen LogP contribution is -2.36. The molecular weight excluding hydrogens is 354 g/mol. The Bertz CT molecular complexity index is 626. The number of ketones is 1. The molecule has 0 atom stereocenters. The number of rotatable bonds is 13. The van der Waals surface area contributed by atoms with Gasteiger partial charge >= 0.3 is 0 Å². The number of hydrogen-bond acceptors (Lipinski definition) is 5. The van der Waals surface area contributed by atoms with Crippen molar-refractivity contribution in [2.24, 2.45) is 5.92 Å². The Kier molecular flexibility index (Phi) is 11.1. The predicted molar refractivity (Wildman–Crippen MR) is 113 cm³/mol. The van der Waals surface area contributed by atoms with Gasteiger partial charge in [0.05, 0.1) is 13.2 Å². The molecule has 0 saturated heterocycles. The van der Waals surface area contributed by atoms with Crippen molar-refractivity contribution in [3.05, 3.63) is 42.0 Å². The fourth-order valence-corrected chi connectivity index (χ4v) is 2.45. The summed E-state index contributed by atoms with van der Waals surface area (Å²) in [6.45, 7) is 6.79. The Morgan fingerprint density at radius 1 is 1.18 bits per heavy atom.